The highest BCUT2D eigenvalue weighted by molar-refractivity contribution is 5.93. The minimum absolute atomic E-state index is 0.113. The van der Waals surface area contributed by atoms with Crippen LogP contribution in [-0.2, 0) is 17.8 Å². The van der Waals surface area contributed by atoms with Crippen molar-refractivity contribution in [2.45, 2.75) is 32.0 Å². The van der Waals surface area contributed by atoms with Gasteiger partial charge in [-0.15, -0.1) is 0 Å². The molecule has 166 valence electrons. The molecule has 0 unspecified atom stereocenters. The molecule has 0 spiro atoms. The highest BCUT2D eigenvalue weighted by Crippen LogP contribution is 2.28. The average Bonchev–Trinajstić information content (AvgIpc) is 3.18. The lowest BCUT2D eigenvalue weighted by Crippen LogP contribution is -2.61. The van der Waals surface area contributed by atoms with E-state index in [4.69, 9.17) is 4.74 Å². The van der Waals surface area contributed by atoms with Crippen molar-refractivity contribution in [1.29, 1.82) is 5.26 Å². The van der Waals surface area contributed by atoms with Crippen molar-refractivity contribution in [1.82, 2.24) is 15.1 Å². The van der Waals surface area contributed by atoms with Crippen LogP contribution in [0.4, 0.5) is 4.39 Å². The Morgan fingerprint density at radius 3 is 2.97 bits per heavy atom. The summed E-state index contributed by atoms with van der Waals surface area (Å²) in [7, 11) is 0. The van der Waals surface area contributed by atoms with Gasteiger partial charge in [-0.2, -0.15) is 5.26 Å². The summed E-state index contributed by atoms with van der Waals surface area (Å²) in [5.41, 5.74) is 4.84. The molecule has 0 saturated carbocycles. The molecule has 7 heteroatoms. The molecular weight excluding hydrogens is 407 g/mol. The van der Waals surface area contributed by atoms with Gasteiger partial charge in [0, 0.05) is 56.9 Å². The Hall–Kier alpha value is -2.79. The van der Waals surface area contributed by atoms with E-state index < -0.39 is 5.82 Å². The number of benzene rings is 2. The Kier molecular flexibility index (Phi) is 5.68. The molecule has 1 N–H and O–H groups in total. The second-order valence-electron chi connectivity index (χ2n) is 8.98. The fourth-order valence-corrected chi connectivity index (χ4v) is 5.22. The van der Waals surface area contributed by atoms with Crippen LogP contribution in [0.3, 0.4) is 0 Å². The van der Waals surface area contributed by atoms with E-state index in [0.29, 0.717) is 18.2 Å². The monoisotopic (exact) mass is 434 g/mol. The van der Waals surface area contributed by atoms with Gasteiger partial charge in [-0.3, -0.25) is 4.90 Å². The van der Waals surface area contributed by atoms with Gasteiger partial charge < -0.3 is 15.0 Å². The molecule has 0 bridgehead atoms. The zero-order valence-electron chi connectivity index (χ0n) is 18.2. The molecule has 0 amide bonds. The Balaban J connectivity index is 1.18. The SMILES string of the molecule is Cc1c([C@H]2CN3CCN(CCc4ccc5c(c4)COC5=O)C[C@H]3CN2)ccc(F)c1C#N. The summed E-state index contributed by atoms with van der Waals surface area (Å²) in [6.07, 6.45) is 0.954. The fourth-order valence-electron chi connectivity index (χ4n) is 5.22. The van der Waals surface area contributed by atoms with Gasteiger partial charge in [-0.1, -0.05) is 18.2 Å². The number of fused-ring (bicyclic) bond motifs is 2. The summed E-state index contributed by atoms with van der Waals surface area (Å²) in [5.74, 6) is -0.663. The third-order valence-corrected chi connectivity index (χ3v) is 7.11. The predicted molar refractivity (Wildman–Crippen MR) is 118 cm³/mol. The molecule has 3 heterocycles. The number of nitrogens with zero attached hydrogens (tertiary/aromatic N) is 3. The van der Waals surface area contributed by atoms with Gasteiger partial charge in [0.25, 0.3) is 0 Å². The molecule has 2 fully saturated rings. The van der Waals surface area contributed by atoms with Crippen molar-refractivity contribution >= 4 is 5.97 Å². The van der Waals surface area contributed by atoms with Crippen LogP contribution in [-0.4, -0.2) is 61.1 Å². The van der Waals surface area contributed by atoms with Gasteiger partial charge in [-0.25, -0.2) is 9.18 Å². The van der Waals surface area contributed by atoms with Crippen molar-refractivity contribution in [2.75, 3.05) is 39.3 Å². The molecule has 3 aliphatic heterocycles. The first-order valence-corrected chi connectivity index (χ1v) is 11.2. The van der Waals surface area contributed by atoms with Crippen LogP contribution in [0, 0.1) is 24.1 Å². The van der Waals surface area contributed by atoms with Crippen LogP contribution in [0.5, 0.6) is 0 Å². The first kappa shape index (κ1) is 21.1. The second-order valence-corrected chi connectivity index (χ2v) is 8.98. The van der Waals surface area contributed by atoms with Gasteiger partial charge in [0.1, 0.15) is 18.5 Å². The van der Waals surface area contributed by atoms with Crippen molar-refractivity contribution in [2.24, 2.45) is 0 Å². The van der Waals surface area contributed by atoms with Crippen molar-refractivity contribution in [3.05, 3.63) is 69.5 Å². The number of nitriles is 1. The van der Waals surface area contributed by atoms with Gasteiger partial charge in [-0.05, 0) is 42.2 Å². The molecule has 32 heavy (non-hydrogen) atoms. The highest BCUT2D eigenvalue weighted by atomic mass is 19.1. The number of carbonyl (C=O) groups excluding carboxylic acids is 1. The number of rotatable bonds is 4. The summed E-state index contributed by atoms with van der Waals surface area (Å²) in [6.45, 7) is 7.99. The van der Waals surface area contributed by atoms with E-state index in [0.717, 1.165) is 62.4 Å². The minimum Gasteiger partial charge on any atom is -0.457 e. The lowest BCUT2D eigenvalue weighted by Gasteiger charge is -2.47. The fraction of sp³-hybridized carbons (Fsp3) is 0.440. The number of carbonyl (C=O) groups is 1. The van der Waals surface area contributed by atoms with E-state index in [2.05, 4.69) is 21.2 Å². The van der Waals surface area contributed by atoms with Gasteiger partial charge >= 0.3 is 5.97 Å². The average molecular weight is 435 g/mol. The first-order chi connectivity index (χ1) is 15.5. The molecule has 0 aliphatic carbocycles. The summed E-state index contributed by atoms with van der Waals surface area (Å²) in [4.78, 5) is 16.7. The number of nitrogens with one attached hydrogen (secondary N) is 1. The lowest BCUT2D eigenvalue weighted by molar-refractivity contribution is 0.0426. The zero-order valence-corrected chi connectivity index (χ0v) is 18.2. The van der Waals surface area contributed by atoms with Crippen molar-refractivity contribution in [3.63, 3.8) is 0 Å². The van der Waals surface area contributed by atoms with Crippen LogP contribution < -0.4 is 5.32 Å². The Morgan fingerprint density at radius 2 is 2.12 bits per heavy atom. The molecule has 6 nitrogen and oxygen atoms in total. The number of esters is 1. The van der Waals surface area contributed by atoms with E-state index in [1.54, 1.807) is 0 Å². The smallest absolute Gasteiger partial charge is 0.338 e. The van der Waals surface area contributed by atoms with Crippen LogP contribution >= 0.6 is 0 Å². The lowest BCUT2D eigenvalue weighted by atomic mass is 9.93. The third-order valence-electron chi connectivity index (χ3n) is 7.11. The maximum Gasteiger partial charge on any atom is 0.338 e. The first-order valence-electron chi connectivity index (χ1n) is 11.2. The van der Waals surface area contributed by atoms with Crippen LogP contribution in [0.2, 0.25) is 0 Å². The summed E-state index contributed by atoms with van der Waals surface area (Å²) >= 11 is 0. The number of hydrogen-bond donors (Lipinski definition) is 1. The molecule has 0 aromatic heterocycles. The standard InChI is InChI=1S/C25H27FN4O2/c1-16-20(4-5-23(26)22(16)11-27)24-14-30-9-8-29(13-19(30)12-28-24)7-6-17-2-3-21-18(10-17)15-32-25(21)31/h2-5,10,19,24,28H,6-9,12-15H2,1H3/t19-,24-/m1/s1. The zero-order chi connectivity index (χ0) is 22.2. The molecule has 2 saturated heterocycles. The summed E-state index contributed by atoms with van der Waals surface area (Å²) in [6, 6.07) is 11.8. The van der Waals surface area contributed by atoms with E-state index >= 15 is 0 Å². The number of ether oxygens (including phenoxy) is 1. The van der Waals surface area contributed by atoms with E-state index in [-0.39, 0.29) is 17.6 Å². The van der Waals surface area contributed by atoms with Crippen LogP contribution in [0.15, 0.2) is 30.3 Å². The molecule has 5 rings (SSSR count). The quantitative estimate of drug-likeness (QED) is 0.746. The van der Waals surface area contributed by atoms with E-state index in [9.17, 15) is 14.4 Å². The number of cyclic esters (lactones) is 1. The van der Waals surface area contributed by atoms with E-state index in [1.165, 1.54) is 11.6 Å². The van der Waals surface area contributed by atoms with E-state index in [1.807, 2.05) is 31.2 Å². The molecule has 2 aromatic carbocycles. The maximum absolute atomic E-state index is 13.9. The third kappa shape index (κ3) is 3.90. The Bertz CT molecular complexity index is 1100. The Morgan fingerprint density at radius 1 is 1.25 bits per heavy atom. The highest BCUT2D eigenvalue weighted by Gasteiger charge is 2.34. The molecule has 2 aromatic rings. The van der Waals surface area contributed by atoms with Crippen LogP contribution in [0.1, 0.15) is 44.2 Å². The number of hydrogen-bond acceptors (Lipinski definition) is 6. The number of halogens is 1. The minimum atomic E-state index is -0.446. The van der Waals surface area contributed by atoms with Crippen molar-refractivity contribution < 1.29 is 13.9 Å². The maximum atomic E-state index is 13.9. The summed E-state index contributed by atoms with van der Waals surface area (Å²) < 4.78 is 19.0. The van der Waals surface area contributed by atoms with Gasteiger partial charge in [0.15, 0.2) is 0 Å². The molecular formula is C25H27FN4O2. The van der Waals surface area contributed by atoms with Gasteiger partial charge in [0.2, 0.25) is 0 Å². The molecule has 0 radical (unpaired) electrons. The van der Waals surface area contributed by atoms with Gasteiger partial charge in [0.05, 0.1) is 11.1 Å². The predicted octanol–water partition coefficient (Wildman–Crippen LogP) is 2.55. The molecule has 2 atom stereocenters. The summed E-state index contributed by atoms with van der Waals surface area (Å²) in [5, 5.41) is 12.9. The Labute approximate surface area is 187 Å². The molecule has 3 aliphatic rings. The van der Waals surface area contributed by atoms with Crippen LogP contribution in [0.25, 0.3) is 0 Å². The number of piperazine rings is 2. The van der Waals surface area contributed by atoms with Crippen molar-refractivity contribution in [3.8, 4) is 6.07 Å². The normalized spacial score (nSPS) is 23.3. The largest absolute Gasteiger partial charge is 0.457 e. The topological polar surface area (TPSA) is 68.6 Å². The second kappa shape index (κ2) is 8.62.